The van der Waals surface area contributed by atoms with Crippen molar-refractivity contribution in [3.63, 3.8) is 0 Å². The summed E-state index contributed by atoms with van der Waals surface area (Å²) in [5, 5.41) is 0.576. The van der Waals surface area contributed by atoms with Crippen LogP contribution in [0, 0.1) is 13.8 Å². The van der Waals surface area contributed by atoms with E-state index in [0.717, 1.165) is 0 Å². The molecule has 2 aromatic rings. The van der Waals surface area contributed by atoms with Gasteiger partial charge in [0.05, 0.1) is 10.2 Å². The Labute approximate surface area is 141 Å². The highest BCUT2D eigenvalue weighted by molar-refractivity contribution is 9.10. The van der Waals surface area contributed by atoms with Gasteiger partial charge in [-0.2, -0.15) is 0 Å². The lowest BCUT2D eigenvalue weighted by Gasteiger charge is -2.07. The van der Waals surface area contributed by atoms with Crippen molar-refractivity contribution in [2.75, 3.05) is 6.61 Å². The number of halogens is 2. The van der Waals surface area contributed by atoms with Gasteiger partial charge < -0.3 is 9.72 Å². The van der Waals surface area contributed by atoms with Crippen LogP contribution in [0.2, 0.25) is 5.02 Å². The zero-order valence-electron chi connectivity index (χ0n) is 12.4. The second kappa shape index (κ2) is 6.67. The van der Waals surface area contributed by atoms with E-state index in [9.17, 15) is 9.59 Å². The number of aromatic amines is 1. The van der Waals surface area contributed by atoms with Crippen LogP contribution in [-0.4, -0.2) is 23.2 Å². The first-order valence-corrected chi connectivity index (χ1v) is 7.79. The second-order valence-electron chi connectivity index (χ2n) is 4.97. The molecule has 1 heterocycles. The van der Waals surface area contributed by atoms with E-state index in [1.807, 2.05) is 0 Å². The summed E-state index contributed by atoms with van der Waals surface area (Å²) in [6.07, 6.45) is 0. The van der Waals surface area contributed by atoms with Gasteiger partial charge in [-0.1, -0.05) is 11.6 Å². The van der Waals surface area contributed by atoms with Gasteiger partial charge in [0.15, 0.2) is 12.4 Å². The van der Waals surface area contributed by atoms with E-state index in [1.165, 1.54) is 6.92 Å². The van der Waals surface area contributed by atoms with Gasteiger partial charge in [-0.25, -0.2) is 0 Å². The average Bonchev–Trinajstić information content (AvgIpc) is 2.72. The van der Waals surface area contributed by atoms with Gasteiger partial charge >= 0.3 is 0 Å². The predicted octanol–water partition coefficient (Wildman–Crippen LogP) is 4.51. The summed E-state index contributed by atoms with van der Waals surface area (Å²) in [6, 6.07) is 5.07. The summed E-state index contributed by atoms with van der Waals surface area (Å²) in [5.74, 6) is 0.257. The molecule has 4 nitrogen and oxygen atoms in total. The molecule has 0 aliphatic heterocycles. The van der Waals surface area contributed by atoms with E-state index < -0.39 is 0 Å². The number of aryl methyl sites for hydroxylation is 1. The predicted molar refractivity (Wildman–Crippen MR) is 89.2 cm³/mol. The highest BCUT2D eigenvalue weighted by Crippen LogP contribution is 2.28. The SMILES string of the molecule is CC(=O)c1c(C)[nH]c(C(=O)COc2ccc(Cl)cc2Br)c1C. The monoisotopic (exact) mass is 383 g/mol. The smallest absolute Gasteiger partial charge is 0.216 e. The van der Waals surface area contributed by atoms with Gasteiger partial charge in [0.25, 0.3) is 0 Å². The topological polar surface area (TPSA) is 59.2 Å². The summed E-state index contributed by atoms with van der Waals surface area (Å²) in [7, 11) is 0. The molecule has 0 aliphatic rings. The fraction of sp³-hybridized carbons (Fsp3) is 0.250. The van der Waals surface area contributed by atoms with Crippen molar-refractivity contribution in [3.8, 4) is 5.75 Å². The molecular weight excluding hydrogens is 370 g/mol. The maximum Gasteiger partial charge on any atom is 0.216 e. The summed E-state index contributed by atoms with van der Waals surface area (Å²) in [6.45, 7) is 4.89. The lowest BCUT2D eigenvalue weighted by molar-refractivity contribution is 0.0915. The molecule has 2 rings (SSSR count). The third-order valence-corrected chi connectivity index (χ3v) is 4.18. The van der Waals surface area contributed by atoms with Crippen LogP contribution in [0.5, 0.6) is 5.75 Å². The van der Waals surface area contributed by atoms with Crippen molar-refractivity contribution in [2.45, 2.75) is 20.8 Å². The number of rotatable bonds is 5. The number of carbonyl (C=O) groups is 2. The van der Waals surface area contributed by atoms with Crippen LogP contribution in [0.3, 0.4) is 0 Å². The molecule has 1 aromatic carbocycles. The molecule has 22 heavy (non-hydrogen) atoms. The maximum absolute atomic E-state index is 12.3. The molecule has 0 amide bonds. The molecule has 0 atom stereocenters. The molecule has 0 fully saturated rings. The van der Waals surface area contributed by atoms with Crippen LogP contribution in [0.25, 0.3) is 0 Å². The number of ether oxygens (including phenoxy) is 1. The van der Waals surface area contributed by atoms with Crippen molar-refractivity contribution < 1.29 is 14.3 Å². The molecule has 0 unspecified atom stereocenters. The van der Waals surface area contributed by atoms with Crippen molar-refractivity contribution in [1.82, 2.24) is 4.98 Å². The van der Waals surface area contributed by atoms with Crippen molar-refractivity contribution in [1.29, 1.82) is 0 Å². The van der Waals surface area contributed by atoms with Crippen LogP contribution in [0.1, 0.15) is 39.0 Å². The Morgan fingerprint density at radius 3 is 2.55 bits per heavy atom. The van der Waals surface area contributed by atoms with Crippen LogP contribution >= 0.6 is 27.5 Å². The Kier molecular flexibility index (Phi) is 5.08. The van der Waals surface area contributed by atoms with Gasteiger partial charge in [-0.05, 0) is 60.5 Å². The highest BCUT2D eigenvalue weighted by Gasteiger charge is 2.20. The van der Waals surface area contributed by atoms with Crippen LogP contribution in [0.4, 0.5) is 0 Å². The molecule has 1 N–H and O–H groups in total. The fourth-order valence-corrected chi connectivity index (χ4v) is 3.16. The number of nitrogens with one attached hydrogen (secondary N) is 1. The summed E-state index contributed by atoms with van der Waals surface area (Å²) < 4.78 is 6.19. The van der Waals surface area contributed by atoms with Gasteiger partial charge in [-0.15, -0.1) is 0 Å². The quantitative estimate of drug-likeness (QED) is 0.772. The normalized spacial score (nSPS) is 10.6. The maximum atomic E-state index is 12.3. The third-order valence-electron chi connectivity index (χ3n) is 3.32. The number of Topliss-reactive ketones (excluding diaryl/α,β-unsaturated/α-hetero) is 2. The molecule has 0 spiro atoms. The zero-order valence-corrected chi connectivity index (χ0v) is 14.8. The van der Waals surface area contributed by atoms with Gasteiger partial charge in [0.1, 0.15) is 5.75 Å². The second-order valence-corrected chi connectivity index (χ2v) is 6.26. The lowest BCUT2D eigenvalue weighted by atomic mass is 10.1. The van der Waals surface area contributed by atoms with E-state index in [1.54, 1.807) is 32.0 Å². The molecule has 6 heteroatoms. The largest absolute Gasteiger partial charge is 0.484 e. The van der Waals surface area contributed by atoms with Crippen LogP contribution in [-0.2, 0) is 0 Å². The molecule has 0 aliphatic carbocycles. The van der Waals surface area contributed by atoms with E-state index >= 15 is 0 Å². The number of H-pyrrole nitrogens is 1. The summed E-state index contributed by atoms with van der Waals surface area (Å²) in [5.41, 5.74) is 2.33. The fourth-order valence-electron chi connectivity index (χ4n) is 2.36. The van der Waals surface area contributed by atoms with Crippen molar-refractivity contribution in [3.05, 3.63) is 50.2 Å². The zero-order chi connectivity index (χ0) is 16.4. The molecular formula is C16H15BrClNO3. The van der Waals surface area contributed by atoms with Gasteiger partial charge in [-0.3, -0.25) is 9.59 Å². The van der Waals surface area contributed by atoms with E-state index in [2.05, 4.69) is 20.9 Å². The van der Waals surface area contributed by atoms with E-state index in [-0.39, 0.29) is 18.2 Å². The first kappa shape index (κ1) is 16.8. The van der Waals surface area contributed by atoms with Gasteiger partial charge in [0.2, 0.25) is 5.78 Å². The van der Waals surface area contributed by atoms with Crippen LogP contribution < -0.4 is 4.74 Å². The van der Waals surface area contributed by atoms with Crippen molar-refractivity contribution >= 4 is 39.1 Å². The lowest BCUT2D eigenvalue weighted by Crippen LogP contribution is -2.13. The Balaban J connectivity index is 2.16. The number of aromatic nitrogens is 1. The highest BCUT2D eigenvalue weighted by atomic mass is 79.9. The van der Waals surface area contributed by atoms with E-state index in [4.69, 9.17) is 16.3 Å². The molecule has 0 bridgehead atoms. The number of carbonyl (C=O) groups excluding carboxylic acids is 2. The standard InChI is InChI=1S/C16H15BrClNO3/c1-8-15(10(3)20)9(2)19-16(8)13(21)7-22-14-5-4-11(18)6-12(14)17/h4-6,19H,7H2,1-3H3. The average molecular weight is 385 g/mol. The minimum Gasteiger partial charge on any atom is -0.484 e. The van der Waals surface area contributed by atoms with Crippen LogP contribution in [0.15, 0.2) is 22.7 Å². The number of hydrogen-bond acceptors (Lipinski definition) is 3. The molecule has 0 saturated carbocycles. The number of ketones is 2. The first-order chi connectivity index (χ1) is 10.3. The van der Waals surface area contributed by atoms with Crippen molar-refractivity contribution in [2.24, 2.45) is 0 Å². The Morgan fingerprint density at radius 2 is 2.00 bits per heavy atom. The minimum atomic E-state index is -0.213. The first-order valence-electron chi connectivity index (χ1n) is 6.62. The third kappa shape index (κ3) is 3.42. The molecule has 0 saturated heterocycles. The summed E-state index contributed by atoms with van der Waals surface area (Å²) in [4.78, 5) is 26.9. The number of hydrogen-bond donors (Lipinski definition) is 1. The Hall–Kier alpha value is -1.59. The van der Waals surface area contributed by atoms with E-state index in [0.29, 0.717) is 37.8 Å². The number of benzene rings is 1. The molecule has 0 radical (unpaired) electrons. The molecule has 1 aromatic heterocycles. The summed E-state index contributed by atoms with van der Waals surface area (Å²) >= 11 is 9.19. The minimum absolute atomic E-state index is 0.0633. The Morgan fingerprint density at radius 1 is 1.32 bits per heavy atom. The Bertz CT molecular complexity index is 752. The van der Waals surface area contributed by atoms with Gasteiger partial charge in [0, 0.05) is 16.3 Å². The molecule has 116 valence electrons.